The van der Waals surface area contributed by atoms with E-state index in [1.54, 1.807) is 19.9 Å². The summed E-state index contributed by atoms with van der Waals surface area (Å²) >= 11 is 0. The Kier molecular flexibility index (Phi) is 4.67. The van der Waals surface area contributed by atoms with Crippen molar-refractivity contribution >= 4 is 17.3 Å². The van der Waals surface area contributed by atoms with Gasteiger partial charge in [-0.15, -0.1) is 0 Å². The average Bonchev–Trinajstić information content (AvgIpc) is 2.34. The quantitative estimate of drug-likeness (QED) is 0.363. The Hall–Kier alpha value is -2.15. The number of benzene rings is 1. The second-order valence-corrected chi connectivity index (χ2v) is 4.87. The molecule has 0 saturated heterocycles. The summed E-state index contributed by atoms with van der Waals surface area (Å²) < 4.78 is 4.90. The molecule has 20 heavy (non-hydrogen) atoms. The van der Waals surface area contributed by atoms with Crippen LogP contribution in [0.1, 0.15) is 25.0 Å². The van der Waals surface area contributed by atoms with Gasteiger partial charge in [0.05, 0.1) is 11.5 Å². The van der Waals surface area contributed by atoms with Crippen LogP contribution in [0.2, 0.25) is 0 Å². The summed E-state index contributed by atoms with van der Waals surface area (Å²) in [5, 5.41) is 10.9. The van der Waals surface area contributed by atoms with Gasteiger partial charge in [-0.25, -0.2) is 0 Å². The fourth-order valence-corrected chi connectivity index (χ4v) is 1.89. The van der Waals surface area contributed by atoms with Crippen LogP contribution in [0.25, 0.3) is 0 Å². The second kappa shape index (κ2) is 5.87. The molecular formula is C13H19N3O4. The molecule has 0 heterocycles. The third-order valence-electron chi connectivity index (χ3n) is 3.05. The van der Waals surface area contributed by atoms with Gasteiger partial charge in [-0.05, 0) is 31.9 Å². The number of nitro groups is 1. The minimum Gasteiger partial charge on any atom is -0.465 e. The van der Waals surface area contributed by atoms with E-state index in [2.05, 4.69) is 0 Å². The Bertz CT molecular complexity index is 541. The molecule has 0 saturated carbocycles. The molecule has 1 rings (SSSR count). The van der Waals surface area contributed by atoms with E-state index in [4.69, 9.17) is 16.2 Å². The van der Waals surface area contributed by atoms with Crippen molar-refractivity contribution in [3.63, 3.8) is 0 Å². The van der Waals surface area contributed by atoms with Crippen LogP contribution < -0.4 is 11.5 Å². The van der Waals surface area contributed by atoms with Gasteiger partial charge < -0.3 is 16.2 Å². The summed E-state index contributed by atoms with van der Waals surface area (Å²) in [4.78, 5) is 22.1. The third kappa shape index (κ3) is 3.24. The van der Waals surface area contributed by atoms with Gasteiger partial charge in [-0.1, -0.05) is 6.07 Å². The number of rotatable bonds is 5. The first-order valence-corrected chi connectivity index (χ1v) is 6.19. The normalized spacial score (nSPS) is 13.6. The van der Waals surface area contributed by atoms with Gasteiger partial charge in [0.2, 0.25) is 0 Å². The zero-order valence-electron chi connectivity index (χ0n) is 11.8. The molecule has 0 amide bonds. The zero-order valence-corrected chi connectivity index (χ0v) is 11.8. The Labute approximate surface area is 117 Å². The number of aryl methyl sites for hydroxylation is 1. The maximum atomic E-state index is 11.8. The highest BCUT2D eigenvalue weighted by molar-refractivity contribution is 5.81. The van der Waals surface area contributed by atoms with Crippen molar-refractivity contribution in [1.82, 2.24) is 0 Å². The molecule has 4 N–H and O–H groups in total. The zero-order chi connectivity index (χ0) is 15.5. The molecule has 110 valence electrons. The topological polar surface area (TPSA) is 121 Å². The highest BCUT2D eigenvalue weighted by Gasteiger charge is 2.32. The minimum atomic E-state index is -1.29. The molecule has 1 aromatic carbocycles. The first kappa shape index (κ1) is 15.9. The van der Waals surface area contributed by atoms with Gasteiger partial charge in [0.25, 0.3) is 5.69 Å². The van der Waals surface area contributed by atoms with E-state index in [0.29, 0.717) is 5.56 Å². The monoisotopic (exact) mass is 281 g/mol. The van der Waals surface area contributed by atoms with Crippen molar-refractivity contribution in [3.05, 3.63) is 33.4 Å². The Morgan fingerprint density at radius 3 is 2.60 bits per heavy atom. The number of hydrogen-bond acceptors (Lipinski definition) is 6. The lowest BCUT2D eigenvalue weighted by atomic mass is 9.90. The molecule has 0 spiro atoms. The van der Waals surface area contributed by atoms with Gasteiger partial charge in [-0.2, -0.15) is 0 Å². The van der Waals surface area contributed by atoms with E-state index in [0.717, 1.165) is 5.56 Å². The number of nitro benzene ring substituents is 1. The SMILES string of the molecule is CCOC(=O)C(C)(N)Cc1c(C)ccc([N+](=O)[O-])c1N. The first-order chi connectivity index (χ1) is 9.20. The van der Waals surface area contributed by atoms with Gasteiger partial charge >= 0.3 is 5.97 Å². The van der Waals surface area contributed by atoms with E-state index in [-0.39, 0.29) is 24.4 Å². The number of nitrogens with two attached hydrogens (primary N) is 2. The third-order valence-corrected chi connectivity index (χ3v) is 3.05. The minimum absolute atomic E-state index is 0.0379. The van der Waals surface area contributed by atoms with E-state index in [1.165, 1.54) is 13.0 Å². The van der Waals surface area contributed by atoms with Crippen LogP contribution in [0.15, 0.2) is 12.1 Å². The van der Waals surface area contributed by atoms with E-state index >= 15 is 0 Å². The molecule has 0 aliphatic heterocycles. The number of nitrogen functional groups attached to an aromatic ring is 1. The molecule has 0 bridgehead atoms. The number of carbonyl (C=O) groups excluding carboxylic acids is 1. The largest absolute Gasteiger partial charge is 0.465 e. The lowest BCUT2D eigenvalue weighted by Gasteiger charge is -2.23. The molecule has 0 aliphatic carbocycles. The number of carbonyl (C=O) groups is 1. The van der Waals surface area contributed by atoms with Crippen molar-refractivity contribution in [2.24, 2.45) is 5.73 Å². The molecule has 7 nitrogen and oxygen atoms in total. The highest BCUT2D eigenvalue weighted by atomic mass is 16.6. The van der Waals surface area contributed by atoms with Crippen molar-refractivity contribution in [2.75, 3.05) is 12.3 Å². The van der Waals surface area contributed by atoms with Gasteiger partial charge in [-0.3, -0.25) is 14.9 Å². The molecule has 1 aromatic rings. The standard InChI is InChI=1S/C13H19N3O4/c1-4-20-12(17)13(3,15)7-9-8(2)5-6-10(11(9)14)16(18)19/h5-6H,4,7,14-15H2,1-3H3. The molecule has 7 heteroatoms. The fraction of sp³-hybridized carbons (Fsp3) is 0.462. The molecule has 0 aromatic heterocycles. The first-order valence-electron chi connectivity index (χ1n) is 6.19. The van der Waals surface area contributed by atoms with Gasteiger partial charge in [0, 0.05) is 12.5 Å². The van der Waals surface area contributed by atoms with Gasteiger partial charge in [0.1, 0.15) is 11.2 Å². The van der Waals surface area contributed by atoms with E-state index < -0.39 is 16.4 Å². The van der Waals surface area contributed by atoms with Crippen LogP contribution in [0.3, 0.4) is 0 Å². The van der Waals surface area contributed by atoms with Crippen LogP contribution in [0.4, 0.5) is 11.4 Å². The second-order valence-electron chi connectivity index (χ2n) is 4.87. The molecule has 1 unspecified atom stereocenters. The summed E-state index contributed by atoms with van der Waals surface area (Å²) in [5.74, 6) is -0.565. The maximum absolute atomic E-state index is 11.8. The molecule has 1 atom stereocenters. The molecule has 0 fully saturated rings. The predicted octanol–water partition coefficient (Wildman–Crippen LogP) is 1.31. The summed E-state index contributed by atoms with van der Waals surface area (Å²) in [6.07, 6.45) is 0.0746. The average molecular weight is 281 g/mol. The van der Waals surface area contributed by atoms with Crippen molar-refractivity contribution < 1.29 is 14.5 Å². The van der Waals surface area contributed by atoms with Crippen molar-refractivity contribution in [2.45, 2.75) is 32.7 Å². The van der Waals surface area contributed by atoms with Crippen LogP contribution in [-0.4, -0.2) is 23.0 Å². The van der Waals surface area contributed by atoms with Crippen LogP contribution in [0.5, 0.6) is 0 Å². The maximum Gasteiger partial charge on any atom is 0.326 e. The highest BCUT2D eigenvalue weighted by Crippen LogP contribution is 2.30. The Morgan fingerprint density at radius 1 is 1.50 bits per heavy atom. The van der Waals surface area contributed by atoms with Crippen LogP contribution >= 0.6 is 0 Å². The summed E-state index contributed by atoms with van der Waals surface area (Å²) in [6.45, 7) is 5.18. The van der Waals surface area contributed by atoms with Gasteiger partial charge in [0.15, 0.2) is 0 Å². The van der Waals surface area contributed by atoms with Crippen LogP contribution in [0, 0.1) is 17.0 Å². The fourth-order valence-electron chi connectivity index (χ4n) is 1.89. The number of ether oxygens (including phenoxy) is 1. The lowest BCUT2D eigenvalue weighted by molar-refractivity contribution is -0.384. The summed E-state index contributed by atoms with van der Waals surface area (Å²) in [6, 6.07) is 2.93. The predicted molar refractivity (Wildman–Crippen MR) is 75.2 cm³/mol. The van der Waals surface area contributed by atoms with Crippen molar-refractivity contribution in [1.29, 1.82) is 0 Å². The number of nitrogens with zero attached hydrogens (tertiary/aromatic N) is 1. The smallest absolute Gasteiger partial charge is 0.326 e. The summed E-state index contributed by atoms with van der Waals surface area (Å²) in [7, 11) is 0. The van der Waals surface area contributed by atoms with E-state index in [1.807, 2.05) is 0 Å². The molecule has 0 radical (unpaired) electrons. The van der Waals surface area contributed by atoms with Crippen molar-refractivity contribution in [3.8, 4) is 0 Å². The number of hydrogen-bond donors (Lipinski definition) is 2. The lowest BCUT2D eigenvalue weighted by Crippen LogP contribution is -2.48. The van der Waals surface area contributed by atoms with E-state index in [9.17, 15) is 14.9 Å². The Morgan fingerprint density at radius 2 is 2.10 bits per heavy atom. The summed E-state index contributed by atoms with van der Waals surface area (Å²) in [5.41, 5.74) is 11.6. The van der Waals surface area contributed by atoms with Crippen LogP contribution in [-0.2, 0) is 16.0 Å². The molecule has 0 aliphatic rings. The number of esters is 1. The molecular weight excluding hydrogens is 262 g/mol. The Balaban J connectivity index is 3.18. The number of anilines is 1.